The molecule has 3 rings (SSSR count). The Morgan fingerprint density at radius 1 is 1.33 bits per heavy atom. The average Bonchev–Trinajstić information content (AvgIpc) is 2.95. The summed E-state index contributed by atoms with van der Waals surface area (Å²) in [6.45, 7) is 0. The lowest BCUT2D eigenvalue weighted by atomic mass is 10.1. The standard InChI is InChI=1S/C12H6FNO4/c13-7-3-6-1-2-17-11(6)8(4-7)9-5-10(12(15)16)18-14-9/h1-5H,(H,15,16). The first-order valence-electron chi connectivity index (χ1n) is 5.02. The van der Waals surface area contributed by atoms with Crippen LogP contribution in [0.25, 0.3) is 22.2 Å². The summed E-state index contributed by atoms with van der Waals surface area (Å²) in [5, 5.41) is 12.9. The van der Waals surface area contributed by atoms with Gasteiger partial charge in [-0.15, -0.1) is 0 Å². The Morgan fingerprint density at radius 2 is 2.17 bits per heavy atom. The number of halogens is 1. The van der Waals surface area contributed by atoms with Crippen molar-refractivity contribution in [1.29, 1.82) is 0 Å². The van der Waals surface area contributed by atoms with E-state index in [2.05, 4.69) is 9.68 Å². The molecule has 0 saturated heterocycles. The number of nitrogens with zero attached hydrogens (tertiary/aromatic N) is 1. The van der Waals surface area contributed by atoms with Gasteiger partial charge in [-0.3, -0.25) is 0 Å². The highest BCUT2D eigenvalue weighted by atomic mass is 19.1. The van der Waals surface area contributed by atoms with Crippen LogP contribution in [0.3, 0.4) is 0 Å². The number of furan rings is 1. The third-order valence-electron chi connectivity index (χ3n) is 2.51. The number of carboxylic acids is 1. The molecule has 0 amide bonds. The fourth-order valence-electron chi connectivity index (χ4n) is 1.74. The summed E-state index contributed by atoms with van der Waals surface area (Å²) >= 11 is 0. The zero-order valence-corrected chi connectivity index (χ0v) is 8.88. The lowest BCUT2D eigenvalue weighted by molar-refractivity contribution is 0.0652. The van der Waals surface area contributed by atoms with Crippen molar-refractivity contribution in [3.8, 4) is 11.3 Å². The van der Waals surface area contributed by atoms with Crippen LogP contribution in [-0.2, 0) is 0 Å². The monoisotopic (exact) mass is 247 g/mol. The fourth-order valence-corrected chi connectivity index (χ4v) is 1.74. The predicted molar refractivity (Wildman–Crippen MR) is 58.6 cm³/mol. The Morgan fingerprint density at radius 3 is 2.89 bits per heavy atom. The summed E-state index contributed by atoms with van der Waals surface area (Å²) in [6, 6.07) is 5.37. The smallest absolute Gasteiger partial charge is 0.374 e. The number of benzene rings is 1. The zero-order chi connectivity index (χ0) is 12.7. The Labute approximate surface area is 99.4 Å². The molecule has 0 atom stereocenters. The molecule has 2 aromatic heterocycles. The van der Waals surface area contributed by atoms with Crippen molar-refractivity contribution in [3.63, 3.8) is 0 Å². The van der Waals surface area contributed by atoms with Crippen molar-refractivity contribution >= 4 is 16.9 Å². The number of carboxylic acid groups (broad SMARTS) is 1. The normalized spacial score (nSPS) is 10.9. The second-order valence-electron chi connectivity index (χ2n) is 3.67. The lowest BCUT2D eigenvalue weighted by Crippen LogP contribution is -1.91. The molecule has 0 aliphatic rings. The van der Waals surface area contributed by atoms with Gasteiger partial charge in [0.2, 0.25) is 5.76 Å². The minimum Gasteiger partial charge on any atom is -0.475 e. The Balaban J connectivity index is 2.23. The van der Waals surface area contributed by atoms with E-state index in [0.717, 1.165) is 0 Å². The zero-order valence-electron chi connectivity index (χ0n) is 8.88. The summed E-state index contributed by atoms with van der Waals surface area (Å²) in [7, 11) is 0. The lowest BCUT2D eigenvalue weighted by Gasteiger charge is -1.97. The first kappa shape index (κ1) is 10.5. The topological polar surface area (TPSA) is 76.5 Å². The number of rotatable bonds is 2. The van der Waals surface area contributed by atoms with Crippen LogP contribution in [0, 0.1) is 5.82 Å². The van der Waals surface area contributed by atoms with Crippen molar-refractivity contribution in [1.82, 2.24) is 5.16 Å². The van der Waals surface area contributed by atoms with Crippen LogP contribution in [0.2, 0.25) is 0 Å². The van der Waals surface area contributed by atoms with Gasteiger partial charge in [0.15, 0.2) is 0 Å². The Hall–Kier alpha value is -2.63. The molecule has 3 aromatic rings. The maximum Gasteiger partial charge on any atom is 0.374 e. The van der Waals surface area contributed by atoms with E-state index in [9.17, 15) is 9.18 Å². The highest BCUT2D eigenvalue weighted by Gasteiger charge is 2.16. The van der Waals surface area contributed by atoms with E-state index in [1.54, 1.807) is 6.07 Å². The second kappa shape index (κ2) is 3.69. The molecule has 0 aliphatic carbocycles. The van der Waals surface area contributed by atoms with Crippen LogP contribution in [0.1, 0.15) is 10.6 Å². The molecule has 0 fully saturated rings. The molecule has 0 saturated carbocycles. The molecule has 5 nitrogen and oxygen atoms in total. The van der Waals surface area contributed by atoms with Crippen LogP contribution in [-0.4, -0.2) is 16.2 Å². The summed E-state index contributed by atoms with van der Waals surface area (Å²) in [4.78, 5) is 10.7. The molecular weight excluding hydrogens is 241 g/mol. The largest absolute Gasteiger partial charge is 0.475 e. The van der Waals surface area contributed by atoms with Crippen LogP contribution in [0.15, 0.2) is 39.5 Å². The number of fused-ring (bicyclic) bond motifs is 1. The van der Waals surface area contributed by atoms with Gasteiger partial charge in [0.05, 0.1) is 6.26 Å². The quantitative estimate of drug-likeness (QED) is 0.753. The number of aromatic carboxylic acids is 1. The van der Waals surface area contributed by atoms with Gasteiger partial charge >= 0.3 is 5.97 Å². The third kappa shape index (κ3) is 1.55. The van der Waals surface area contributed by atoms with E-state index in [1.807, 2.05) is 0 Å². The number of aromatic nitrogens is 1. The number of hydrogen-bond donors (Lipinski definition) is 1. The van der Waals surface area contributed by atoms with Gasteiger partial charge in [-0.2, -0.15) is 0 Å². The summed E-state index contributed by atoms with van der Waals surface area (Å²) < 4.78 is 23.3. The van der Waals surface area contributed by atoms with E-state index in [-0.39, 0.29) is 11.5 Å². The first-order chi connectivity index (χ1) is 8.65. The van der Waals surface area contributed by atoms with Gasteiger partial charge < -0.3 is 14.0 Å². The number of hydrogen-bond acceptors (Lipinski definition) is 4. The third-order valence-corrected chi connectivity index (χ3v) is 2.51. The maximum absolute atomic E-state index is 13.4. The van der Waals surface area contributed by atoms with Gasteiger partial charge in [0.25, 0.3) is 0 Å². The highest BCUT2D eigenvalue weighted by molar-refractivity contribution is 5.93. The minimum atomic E-state index is -1.24. The Bertz CT molecular complexity index is 743. The highest BCUT2D eigenvalue weighted by Crippen LogP contribution is 2.30. The van der Waals surface area contributed by atoms with Crippen LogP contribution >= 0.6 is 0 Å². The molecule has 0 radical (unpaired) electrons. The van der Waals surface area contributed by atoms with Crippen LogP contribution in [0.4, 0.5) is 4.39 Å². The van der Waals surface area contributed by atoms with Gasteiger partial charge in [0.1, 0.15) is 17.1 Å². The molecule has 18 heavy (non-hydrogen) atoms. The summed E-state index contributed by atoms with van der Waals surface area (Å²) in [5.41, 5.74) is 1.000. The molecule has 0 unspecified atom stereocenters. The fraction of sp³-hybridized carbons (Fsp3) is 0. The van der Waals surface area contributed by atoms with Crippen molar-refractivity contribution in [2.24, 2.45) is 0 Å². The van der Waals surface area contributed by atoms with Crippen molar-refractivity contribution in [3.05, 3.63) is 42.1 Å². The van der Waals surface area contributed by atoms with Gasteiger partial charge in [-0.1, -0.05) is 5.16 Å². The molecule has 6 heteroatoms. The summed E-state index contributed by atoms with van der Waals surface area (Å²) in [5.74, 6) is -2.01. The molecule has 2 heterocycles. The molecular formula is C12H6FNO4. The van der Waals surface area contributed by atoms with Gasteiger partial charge in [-0.05, 0) is 18.2 Å². The van der Waals surface area contributed by atoms with Crippen LogP contribution in [0.5, 0.6) is 0 Å². The summed E-state index contributed by atoms with van der Waals surface area (Å²) in [6.07, 6.45) is 1.42. The molecule has 1 N–H and O–H groups in total. The maximum atomic E-state index is 13.4. The van der Waals surface area contributed by atoms with E-state index in [4.69, 9.17) is 9.52 Å². The van der Waals surface area contributed by atoms with Gasteiger partial charge in [-0.25, -0.2) is 9.18 Å². The number of carbonyl (C=O) groups is 1. The molecule has 0 bridgehead atoms. The second-order valence-corrected chi connectivity index (χ2v) is 3.67. The molecule has 0 spiro atoms. The van der Waals surface area contributed by atoms with E-state index >= 15 is 0 Å². The van der Waals surface area contributed by atoms with Crippen molar-refractivity contribution < 1.29 is 23.2 Å². The van der Waals surface area contributed by atoms with Crippen LogP contribution < -0.4 is 0 Å². The molecule has 90 valence electrons. The van der Waals surface area contributed by atoms with Crippen molar-refractivity contribution in [2.75, 3.05) is 0 Å². The average molecular weight is 247 g/mol. The van der Waals surface area contributed by atoms with E-state index < -0.39 is 11.8 Å². The first-order valence-corrected chi connectivity index (χ1v) is 5.02. The van der Waals surface area contributed by atoms with Gasteiger partial charge in [0, 0.05) is 17.0 Å². The minimum absolute atomic E-state index is 0.215. The van der Waals surface area contributed by atoms with E-state index in [0.29, 0.717) is 16.5 Å². The SMILES string of the molecule is O=C(O)c1cc(-c2cc(F)cc3ccoc23)no1. The molecule has 0 aliphatic heterocycles. The Kier molecular flexibility index (Phi) is 2.16. The molecule has 1 aromatic carbocycles. The van der Waals surface area contributed by atoms with Crippen molar-refractivity contribution in [2.45, 2.75) is 0 Å². The predicted octanol–water partition coefficient (Wildman–Crippen LogP) is 2.93. The van der Waals surface area contributed by atoms with E-state index in [1.165, 1.54) is 24.5 Å².